The van der Waals surface area contributed by atoms with Crippen LogP contribution in [0.3, 0.4) is 0 Å². The van der Waals surface area contributed by atoms with Crippen LogP contribution in [0.1, 0.15) is 200 Å². The number of allylic oxidation sites excluding steroid dienone is 3. The Morgan fingerprint density at radius 2 is 1.15 bits per heavy atom. The fourth-order valence-corrected chi connectivity index (χ4v) is 5.92. The van der Waals surface area contributed by atoms with E-state index in [1.54, 1.807) is 0 Å². The molecule has 7 heteroatoms. The van der Waals surface area contributed by atoms with Gasteiger partial charge in [0.05, 0.1) is 0 Å². The maximum Gasteiger partial charge on any atom is 0.326 e. The summed E-state index contributed by atoms with van der Waals surface area (Å²) < 4.78 is 5.88. The first-order valence-electron chi connectivity index (χ1n) is 20.2. The van der Waals surface area contributed by atoms with Gasteiger partial charge in [-0.2, -0.15) is 0 Å². The molecule has 0 aliphatic heterocycles. The fourth-order valence-electron chi connectivity index (χ4n) is 5.92. The third-order valence-electron chi connectivity index (χ3n) is 9.00. The molecule has 0 aromatic carbocycles. The fraction of sp³-hybridized carbons (Fsp3) is 0.829. The van der Waals surface area contributed by atoms with Gasteiger partial charge in [0.1, 0.15) is 12.1 Å². The molecule has 4 N–H and O–H groups in total. The van der Waals surface area contributed by atoms with E-state index in [9.17, 15) is 19.5 Å². The van der Waals surface area contributed by atoms with Crippen LogP contribution in [0.2, 0.25) is 0 Å². The molecule has 0 saturated carbocycles. The van der Waals surface area contributed by atoms with Crippen molar-refractivity contribution in [2.24, 2.45) is 5.73 Å². The van der Waals surface area contributed by atoms with E-state index < -0.39 is 12.0 Å². The summed E-state index contributed by atoms with van der Waals surface area (Å²) in [4.78, 5) is 36.2. The highest BCUT2D eigenvalue weighted by atomic mass is 16.5. The van der Waals surface area contributed by atoms with Gasteiger partial charge in [-0.3, -0.25) is 9.59 Å². The number of carboxylic acid groups (broad SMARTS) is 1. The lowest BCUT2D eigenvalue weighted by atomic mass is 10.0. The molecule has 0 aromatic rings. The minimum Gasteiger partial charge on any atom is -0.480 e. The minimum atomic E-state index is -1.02. The van der Waals surface area contributed by atoms with Crippen LogP contribution in [0.4, 0.5) is 0 Å². The monoisotopic (exact) mass is 677 g/mol. The zero-order valence-corrected chi connectivity index (χ0v) is 31.3. The van der Waals surface area contributed by atoms with Crippen molar-refractivity contribution in [1.29, 1.82) is 0 Å². The van der Waals surface area contributed by atoms with Crippen molar-refractivity contribution >= 4 is 17.8 Å². The number of carbonyl (C=O) groups excluding carboxylic acids is 2. The predicted octanol–water partition coefficient (Wildman–Crippen LogP) is 10.9. The predicted molar refractivity (Wildman–Crippen MR) is 202 cm³/mol. The Balaban J connectivity index is 4.21. The number of ether oxygens (including phenoxy) is 1. The molecule has 48 heavy (non-hydrogen) atoms. The van der Waals surface area contributed by atoms with E-state index in [2.05, 4.69) is 37.4 Å². The van der Waals surface area contributed by atoms with Gasteiger partial charge in [-0.25, -0.2) is 4.79 Å². The zero-order chi connectivity index (χ0) is 35.3. The first kappa shape index (κ1) is 45.9. The van der Waals surface area contributed by atoms with E-state index in [0.717, 1.165) is 51.4 Å². The van der Waals surface area contributed by atoms with Crippen LogP contribution in [0, 0.1) is 0 Å². The highest BCUT2D eigenvalue weighted by molar-refractivity contribution is 5.83. The van der Waals surface area contributed by atoms with Gasteiger partial charge in [0.2, 0.25) is 5.91 Å². The average Bonchev–Trinajstić information content (AvgIpc) is 3.07. The summed E-state index contributed by atoms with van der Waals surface area (Å²) >= 11 is 0. The lowest BCUT2D eigenvalue weighted by Gasteiger charge is -2.15. The van der Waals surface area contributed by atoms with Crippen molar-refractivity contribution in [2.75, 3.05) is 6.54 Å². The molecule has 0 rings (SSSR count). The summed E-state index contributed by atoms with van der Waals surface area (Å²) in [5.74, 6) is -1.35. The molecule has 0 aromatic heterocycles. The zero-order valence-electron chi connectivity index (χ0n) is 31.3. The Kier molecular flexibility index (Phi) is 34.5. The summed E-state index contributed by atoms with van der Waals surface area (Å²) in [5, 5.41) is 11.9. The van der Waals surface area contributed by atoms with E-state index in [-0.39, 0.29) is 18.0 Å². The Morgan fingerprint density at radius 1 is 0.625 bits per heavy atom. The molecular formula is C41H76N2O5. The molecule has 2 unspecified atom stereocenters. The van der Waals surface area contributed by atoms with E-state index in [1.807, 2.05) is 6.08 Å². The number of carbonyl (C=O) groups is 3. The molecule has 1 amide bonds. The summed E-state index contributed by atoms with van der Waals surface area (Å²) in [6.45, 7) is 4.87. The van der Waals surface area contributed by atoms with Crippen LogP contribution in [-0.4, -0.2) is 41.6 Å². The van der Waals surface area contributed by atoms with E-state index >= 15 is 0 Å². The van der Waals surface area contributed by atoms with Crippen molar-refractivity contribution in [3.8, 4) is 0 Å². The third-order valence-corrected chi connectivity index (χ3v) is 9.00. The highest BCUT2D eigenvalue weighted by Crippen LogP contribution is 2.16. The first-order chi connectivity index (χ1) is 23.4. The van der Waals surface area contributed by atoms with Gasteiger partial charge in [-0.05, 0) is 64.0 Å². The second kappa shape index (κ2) is 36.1. The number of nitrogens with two attached hydrogens (primary N) is 1. The maximum atomic E-state index is 12.7. The van der Waals surface area contributed by atoms with Gasteiger partial charge in [0.15, 0.2) is 0 Å². The number of carboxylic acids is 1. The molecule has 0 bridgehead atoms. The van der Waals surface area contributed by atoms with Crippen molar-refractivity contribution in [3.05, 3.63) is 24.3 Å². The molecule has 0 aliphatic rings. The van der Waals surface area contributed by atoms with Crippen molar-refractivity contribution in [1.82, 2.24) is 5.32 Å². The van der Waals surface area contributed by atoms with Gasteiger partial charge < -0.3 is 20.9 Å². The topological polar surface area (TPSA) is 119 Å². The Morgan fingerprint density at radius 3 is 1.69 bits per heavy atom. The number of hydrogen-bond donors (Lipinski definition) is 3. The van der Waals surface area contributed by atoms with Gasteiger partial charge in [0, 0.05) is 12.8 Å². The number of amides is 1. The van der Waals surface area contributed by atoms with Crippen LogP contribution in [0.25, 0.3) is 0 Å². The molecule has 0 aliphatic carbocycles. The Hall–Kier alpha value is -2.15. The number of hydrogen-bond acceptors (Lipinski definition) is 5. The standard InChI is InChI=1S/C41H76N2O5/c1-3-5-7-9-11-12-13-14-15-16-17-18-19-21-23-29-35-40(45)48-37(31-26-22-20-10-8-6-4-2)32-27-24-25-28-34-39(44)43-38(41(46)47)33-30-36-42/h10,20,26,31,37-38H,3-9,11-19,21-25,27-30,32-36,42H2,1-2H3,(H,43,44)(H,46,47)/b20-10-,31-26-. The Bertz CT molecular complexity index is 813. The van der Waals surface area contributed by atoms with E-state index in [1.165, 1.54) is 103 Å². The van der Waals surface area contributed by atoms with Crippen LogP contribution in [0.15, 0.2) is 24.3 Å². The van der Waals surface area contributed by atoms with Gasteiger partial charge in [-0.15, -0.1) is 0 Å². The second-order valence-corrected chi connectivity index (χ2v) is 13.7. The molecule has 7 nitrogen and oxygen atoms in total. The van der Waals surface area contributed by atoms with Crippen LogP contribution >= 0.6 is 0 Å². The summed E-state index contributed by atoms with van der Waals surface area (Å²) in [5.41, 5.74) is 5.47. The lowest BCUT2D eigenvalue weighted by Crippen LogP contribution is -2.40. The number of rotatable bonds is 36. The quantitative estimate of drug-likeness (QED) is 0.0345. The molecule has 2 atom stereocenters. The van der Waals surface area contributed by atoms with Crippen molar-refractivity contribution in [3.63, 3.8) is 0 Å². The molecular weight excluding hydrogens is 600 g/mol. The first-order valence-corrected chi connectivity index (χ1v) is 20.2. The summed E-state index contributed by atoms with van der Waals surface area (Å²) in [7, 11) is 0. The molecule has 0 radical (unpaired) electrons. The second-order valence-electron chi connectivity index (χ2n) is 13.7. The molecule has 0 spiro atoms. The van der Waals surface area contributed by atoms with Crippen LogP contribution < -0.4 is 11.1 Å². The molecule has 280 valence electrons. The van der Waals surface area contributed by atoms with E-state index in [0.29, 0.717) is 38.6 Å². The van der Waals surface area contributed by atoms with Crippen LogP contribution in [-0.2, 0) is 19.1 Å². The maximum absolute atomic E-state index is 12.7. The average molecular weight is 677 g/mol. The number of esters is 1. The minimum absolute atomic E-state index is 0.104. The van der Waals surface area contributed by atoms with E-state index in [4.69, 9.17) is 10.5 Å². The van der Waals surface area contributed by atoms with Crippen LogP contribution in [0.5, 0.6) is 0 Å². The van der Waals surface area contributed by atoms with Gasteiger partial charge in [-0.1, -0.05) is 154 Å². The van der Waals surface area contributed by atoms with Crippen molar-refractivity contribution < 1.29 is 24.2 Å². The summed E-state index contributed by atoms with van der Waals surface area (Å²) in [6.07, 6.45) is 39.6. The highest BCUT2D eigenvalue weighted by Gasteiger charge is 2.19. The smallest absolute Gasteiger partial charge is 0.326 e. The van der Waals surface area contributed by atoms with Crippen molar-refractivity contribution in [2.45, 2.75) is 212 Å². The number of aliphatic carboxylic acids is 1. The SMILES string of the molecule is CCCC/C=C\C/C=C\C(CCCCCCC(=O)NC(CCCN)C(=O)O)OC(=O)CCCCCCCCCCCCCCCCCC. The van der Waals surface area contributed by atoms with Gasteiger partial charge in [0.25, 0.3) is 0 Å². The number of unbranched alkanes of at least 4 members (excludes halogenated alkanes) is 20. The normalized spacial score (nSPS) is 12.9. The third kappa shape index (κ3) is 32.4. The Labute approximate surface area is 295 Å². The number of nitrogens with one attached hydrogen (secondary N) is 1. The molecule has 0 fully saturated rings. The summed E-state index contributed by atoms with van der Waals surface area (Å²) in [6, 6.07) is -0.871. The molecule has 0 saturated heterocycles. The molecule has 0 heterocycles. The van der Waals surface area contributed by atoms with Gasteiger partial charge >= 0.3 is 11.9 Å². The largest absolute Gasteiger partial charge is 0.480 e. The lowest BCUT2D eigenvalue weighted by molar-refractivity contribution is -0.147.